The van der Waals surface area contributed by atoms with Gasteiger partial charge in [0.15, 0.2) is 5.65 Å². The molecule has 0 atom stereocenters. The Balaban J connectivity index is 1.59. The molecule has 0 amide bonds. The highest BCUT2D eigenvalue weighted by molar-refractivity contribution is 5.77. The molecular formula is C19H16FN5. The third-order valence-electron chi connectivity index (χ3n) is 3.95. The van der Waals surface area contributed by atoms with Crippen molar-refractivity contribution in [3.05, 3.63) is 78.6 Å². The first kappa shape index (κ1) is 15.3. The highest BCUT2D eigenvalue weighted by atomic mass is 19.1. The van der Waals surface area contributed by atoms with Gasteiger partial charge < -0.3 is 5.32 Å². The van der Waals surface area contributed by atoms with Crippen molar-refractivity contribution in [1.82, 2.24) is 19.6 Å². The Morgan fingerprint density at radius 2 is 1.96 bits per heavy atom. The second-order valence-corrected chi connectivity index (χ2v) is 5.63. The van der Waals surface area contributed by atoms with Gasteiger partial charge in [-0.25, -0.2) is 9.37 Å². The van der Waals surface area contributed by atoms with E-state index in [9.17, 15) is 4.39 Å². The maximum absolute atomic E-state index is 13.5. The number of halogens is 1. The third-order valence-corrected chi connectivity index (χ3v) is 3.95. The molecule has 1 N–H and O–H groups in total. The van der Waals surface area contributed by atoms with Crippen molar-refractivity contribution in [1.29, 1.82) is 0 Å². The van der Waals surface area contributed by atoms with E-state index in [1.165, 1.54) is 12.1 Å². The first-order chi connectivity index (χ1) is 12.3. The van der Waals surface area contributed by atoms with Crippen LogP contribution in [0.25, 0.3) is 16.8 Å². The lowest BCUT2D eigenvalue weighted by molar-refractivity contribution is 0.628. The topological polar surface area (TPSA) is 55.1 Å². The standard InChI is InChI=1S/C19H16FN5/c20-15-5-3-4-14(12-15)17-13-24-25-18(8-11-23-19(17)25)22-10-7-16-6-1-2-9-21-16/h1-6,8-9,11-13,22H,7,10H2. The Morgan fingerprint density at radius 3 is 2.80 bits per heavy atom. The van der Waals surface area contributed by atoms with Crippen LogP contribution in [-0.4, -0.2) is 26.1 Å². The number of nitrogens with one attached hydrogen (secondary N) is 1. The number of aromatic nitrogens is 4. The number of nitrogens with zero attached hydrogens (tertiary/aromatic N) is 4. The summed E-state index contributed by atoms with van der Waals surface area (Å²) in [5, 5.41) is 7.76. The van der Waals surface area contributed by atoms with Gasteiger partial charge in [0.25, 0.3) is 0 Å². The van der Waals surface area contributed by atoms with E-state index in [1.807, 2.05) is 30.3 Å². The number of rotatable bonds is 5. The molecule has 6 heteroatoms. The summed E-state index contributed by atoms with van der Waals surface area (Å²) >= 11 is 0. The SMILES string of the molecule is Fc1cccc(-c2cnn3c(NCCc4ccccn4)ccnc23)c1. The van der Waals surface area contributed by atoms with Crippen molar-refractivity contribution < 1.29 is 4.39 Å². The van der Waals surface area contributed by atoms with Crippen molar-refractivity contribution in [2.75, 3.05) is 11.9 Å². The van der Waals surface area contributed by atoms with E-state index in [-0.39, 0.29) is 5.82 Å². The molecule has 0 spiro atoms. The normalized spacial score (nSPS) is 10.9. The minimum absolute atomic E-state index is 0.276. The molecule has 4 rings (SSSR count). The van der Waals surface area contributed by atoms with Gasteiger partial charge in [0.05, 0.1) is 6.20 Å². The van der Waals surface area contributed by atoms with E-state index in [0.29, 0.717) is 5.65 Å². The lowest BCUT2D eigenvalue weighted by atomic mass is 10.1. The zero-order valence-corrected chi connectivity index (χ0v) is 13.4. The molecule has 4 aromatic rings. The van der Waals surface area contributed by atoms with Crippen LogP contribution in [0.4, 0.5) is 10.2 Å². The molecule has 0 aliphatic carbocycles. The molecule has 124 valence electrons. The van der Waals surface area contributed by atoms with Crippen molar-refractivity contribution in [2.45, 2.75) is 6.42 Å². The second kappa shape index (κ2) is 6.68. The van der Waals surface area contributed by atoms with E-state index < -0.39 is 0 Å². The van der Waals surface area contributed by atoms with E-state index in [0.717, 1.165) is 35.6 Å². The Bertz CT molecular complexity index is 997. The lowest BCUT2D eigenvalue weighted by Gasteiger charge is -2.08. The summed E-state index contributed by atoms with van der Waals surface area (Å²) in [5.74, 6) is 0.560. The summed E-state index contributed by atoms with van der Waals surface area (Å²) < 4.78 is 15.2. The number of benzene rings is 1. The van der Waals surface area contributed by atoms with Gasteiger partial charge in [-0.15, -0.1) is 0 Å². The average Bonchev–Trinajstić information content (AvgIpc) is 3.08. The lowest BCUT2D eigenvalue weighted by Crippen LogP contribution is -2.09. The zero-order chi connectivity index (χ0) is 17.1. The summed E-state index contributed by atoms with van der Waals surface area (Å²) in [7, 11) is 0. The van der Waals surface area contributed by atoms with Gasteiger partial charge in [0, 0.05) is 36.6 Å². The molecule has 0 fully saturated rings. The molecule has 25 heavy (non-hydrogen) atoms. The number of anilines is 1. The maximum Gasteiger partial charge on any atom is 0.165 e. The van der Waals surface area contributed by atoms with Crippen LogP contribution in [0.5, 0.6) is 0 Å². The number of hydrogen-bond donors (Lipinski definition) is 1. The fourth-order valence-corrected chi connectivity index (χ4v) is 2.75. The minimum atomic E-state index is -0.276. The molecule has 1 aromatic carbocycles. The fraction of sp³-hybridized carbons (Fsp3) is 0.105. The van der Waals surface area contributed by atoms with Gasteiger partial charge in [-0.3, -0.25) is 4.98 Å². The van der Waals surface area contributed by atoms with Gasteiger partial charge in [-0.2, -0.15) is 9.61 Å². The monoisotopic (exact) mass is 333 g/mol. The molecule has 0 bridgehead atoms. The van der Waals surface area contributed by atoms with Gasteiger partial charge in [0.1, 0.15) is 11.6 Å². The van der Waals surface area contributed by atoms with Crippen molar-refractivity contribution in [3.8, 4) is 11.1 Å². The predicted molar refractivity (Wildman–Crippen MR) is 94.8 cm³/mol. The molecule has 0 aliphatic heterocycles. The smallest absolute Gasteiger partial charge is 0.165 e. The highest BCUT2D eigenvalue weighted by Gasteiger charge is 2.11. The third kappa shape index (κ3) is 3.19. The summed E-state index contributed by atoms with van der Waals surface area (Å²) in [4.78, 5) is 8.71. The summed E-state index contributed by atoms with van der Waals surface area (Å²) in [6.07, 6.45) is 6.03. The first-order valence-corrected chi connectivity index (χ1v) is 8.04. The van der Waals surface area contributed by atoms with Crippen LogP contribution in [-0.2, 0) is 6.42 Å². The summed E-state index contributed by atoms with van der Waals surface area (Å²) in [6, 6.07) is 14.2. The van der Waals surface area contributed by atoms with Crippen LogP contribution in [0.2, 0.25) is 0 Å². The van der Waals surface area contributed by atoms with Gasteiger partial charge in [-0.1, -0.05) is 18.2 Å². The Labute approximate surface area is 144 Å². The molecule has 0 radical (unpaired) electrons. The Morgan fingerprint density at radius 1 is 1.00 bits per heavy atom. The largest absolute Gasteiger partial charge is 0.370 e. The van der Waals surface area contributed by atoms with Crippen LogP contribution >= 0.6 is 0 Å². The van der Waals surface area contributed by atoms with Crippen LogP contribution < -0.4 is 5.32 Å². The fourth-order valence-electron chi connectivity index (χ4n) is 2.75. The van der Waals surface area contributed by atoms with Crippen molar-refractivity contribution in [2.24, 2.45) is 0 Å². The van der Waals surface area contributed by atoms with Gasteiger partial charge in [0.2, 0.25) is 0 Å². The molecule has 3 aromatic heterocycles. The number of hydrogen-bond acceptors (Lipinski definition) is 4. The van der Waals surface area contributed by atoms with E-state index in [4.69, 9.17) is 0 Å². The van der Waals surface area contributed by atoms with Crippen molar-refractivity contribution in [3.63, 3.8) is 0 Å². The summed E-state index contributed by atoms with van der Waals surface area (Å²) in [5.41, 5.74) is 3.27. The zero-order valence-electron chi connectivity index (χ0n) is 13.4. The van der Waals surface area contributed by atoms with Crippen LogP contribution in [0.1, 0.15) is 5.69 Å². The van der Waals surface area contributed by atoms with E-state index in [2.05, 4.69) is 20.4 Å². The molecule has 0 saturated heterocycles. The first-order valence-electron chi connectivity index (χ1n) is 8.04. The van der Waals surface area contributed by atoms with E-state index in [1.54, 1.807) is 29.2 Å². The minimum Gasteiger partial charge on any atom is -0.370 e. The molecule has 0 aliphatic rings. The predicted octanol–water partition coefficient (Wildman–Crippen LogP) is 3.59. The average molecular weight is 333 g/mol. The molecule has 3 heterocycles. The molecule has 5 nitrogen and oxygen atoms in total. The Hall–Kier alpha value is -3.28. The van der Waals surface area contributed by atoms with Crippen LogP contribution in [0, 0.1) is 5.82 Å². The summed E-state index contributed by atoms with van der Waals surface area (Å²) in [6.45, 7) is 0.727. The van der Waals surface area contributed by atoms with Crippen molar-refractivity contribution >= 4 is 11.5 Å². The van der Waals surface area contributed by atoms with Crippen LogP contribution in [0.15, 0.2) is 67.1 Å². The second-order valence-electron chi connectivity index (χ2n) is 5.63. The van der Waals surface area contributed by atoms with Gasteiger partial charge in [-0.05, 0) is 35.9 Å². The molecule has 0 saturated carbocycles. The quantitative estimate of drug-likeness (QED) is 0.606. The number of fused-ring (bicyclic) bond motifs is 1. The molecule has 0 unspecified atom stereocenters. The highest BCUT2D eigenvalue weighted by Crippen LogP contribution is 2.25. The van der Waals surface area contributed by atoms with Crippen LogP contribution in [0.3, 0.4) is 0 Å². The Kier molecular flexibility index (Phi) is 4.08. The van der Waals surface area contributed by atoms with Gasteiger partial charge >= 0.3 is 0 Å². The van der Waals surface area contributed by atoms with E-state index >= 15 is 0 Å². The number of pyridine rings is 1. The maximum atomic E-state index is 13.5. The molecular weight excluding hydrogens is 317 g/mol.